The number of carboxylic acids is 1. The lowest BCUT2D eigenvalue weighted by Gasteiger charge is -2.25. The van der Waals surface area contributed by atoms with Gasteiger partial charge in [0.1, 0.15) is 11.8 Å². The van der Waals surface area contributed by atoms with Gasteiger partial charge in [0, 0.05) is 43.6 Å². The summed E-state index contributed by atoms with van der Waals surface area (Å²) in [5.41, 5.74) is 1.71. The van der Waals surface area contributed by atoms with Crippen LogP contribution in [-0.4, -0.2) is 58.5 Å². The molecule has 10 heteroatoms. The molecule has 1 heterocycles. The van der Waals surface area contributed by atoms with Crippen molar-refractivity contribution in [2.24, 2.45) is 17.8 Å². The van der Waals surface area contributed by atoms with Gasteiger partial charge in [-0.3, -0.25) is 28.8 Å². The highest BCUT2D eigenvalue weighted by Gasteiger charge is 2.32. The van der Waals surface area contributed by atoms with Crippen molar-refractivity contribution >= 4 is 35.3 Å². The number of carbonyl (C=O) groups is 6. The van der Waals surface area contributed by atoms with Crippen LogP contribution in [0.15, 0.2) is 60.7 Å². The number of carboxylic acid groups (broad SMARTS) is 1. The van der Waals surface area contributed by atoms with E-state index in [2.05, 4.69) is 16.0 Å². The summed E-state index contributed by atoms with van der Waals surface area (Å²) in [6.45, 7) is 5.41. The zero-order chi connectivity index (χ0) is 33.6. The van der Waals surface area contributed by atoms with Crippen molar-refractivity contribution in [2.45, 2.75) is 96.7 Å². The quantitative estimate of drug-likeness (QED) is 0.327. The van der Waals surface area contributed by atoms with Gasteiger partial charge >= 0.3 is 5.97 Å². The smallest absolute Gasteiger partial charge is 0.303 e. The van der Waals surface area contributed by atoms with E-state index in [1.165, 1.54) is 0 Å². The number of hydrogen-bond donors (Lipinski definition) is 4. The number of amides is 3. The molecule has 1 unspecified atom stereocenters. The third-order valence-electron chi connectivity index (χ3n) is 8.32. The fourth-order valence-electron chi connectivity index (χ4n) is 5.74. The Morgan fingerprint density at radius 1 is 0.783 bits per heavy atom. The van der Waals surface area contributed by atoms with Crippen molar-refractivity contribution in [3.05, 3.63) is 71.8 Å². The van der Waals surface area contributed by atoms with Gasteiger partial charge in [0.05, 0.1) is 6.04 Å². The van der Waals surface area contributed by atoms with Gasteiger partial charge in [-0.2, -0.15) is 0 Å². The number of nitrogens with one attached hydrogen (secondary N) is 3. The van der Waals surface area contributed by atoms with Crippen molar-refractivity contribution in [1.82, 2.24) is 16.0 Å². The third-order valence-corrected chi connectivity index (χ3v) is 8.32. The van der Waals surface area contributed by atoms with Crippen LogP contribution in [0.4, 0.5) is 0 Å². The number of carbonyl (C=O) groups excluding carboxylic acids is 5. The maximum Gasteiger partial charge on any atom is 0.303 e. The molecule has 248 valence electrons. The van der Waals surface area contributed by atoms with Crippen LogP contribution >= 0.6 is 0 Å². The van der Waals surface area contributed by atoms with Gasteiger partial charge in [-0.25, -0.2) is 0 Å². The number of hydrogen-bond acceptors (Lipinski definition) is 6. The molecule has 0 bridgehead atoms. The molecular formula is C36H47N3O7. The molecule has 10 nitrogen and oxygen atoms in total. The average molecular weight is 634 g/mol. The first kappa shape index (κ1) is 36.1. The predicted octanol–water partition coefficient (Wildman–Crippen LogP) is 3.80. The molecule has 0 spiro atoms. The maximum absolute atomic E-state index is 13.7. The molecule has 0 aromatic heterocycles. The first-order valence-corrected chi connectivity index (χ1v) is 16.2. The second kappa shape index (κ2) is 18.0. The van der Waals surface area contributed by atoms with Gasteiger partial charge in [0.2, 0.25) is 17.7 Å². The summed E-state index contributed by atoms with van der Waals surface area (Å²) in [5, 5.41) is 17.9. The standard InChI is InChI=1S/C36H47N3O7/c1-23(2)18-31-36(46)37-24(3)32(41)22-28(20-26-12-8-5-9-13-26)34(44)38-29(15-17-33(42)43)14-16-30(40)21-27(35(45)39-31)19-25-10-6-4-7-11-25/h4-13,23-24,27-29,31H,14-22H2,1-3H3,(H,37,46)(H,38,44)(H,39,45)(H,42,43)/t24-,27+,28+,29?,31-/m0/s1. The lowest BCUT2D eigenvalue weighted by atomic mass is 9.90. The Morgan fingerprint density at radius 2 is 1.33 bits per heavy atom. The summed E-state index contributed by atoms with van der Waals surface area (Å²) in [5.74, 6) is -4.42. The Morgan fingerprint density at radius 3 is 1.87 bits per heavy atom. The number of rotatable bonds is 9. The molecule has 0 radical (unpaired) electrons. The molecule has 2 aromatic rings. The molecular weight excluding hydrogens is 586 g/mol. The van der Waals surface area contributed by atoms with E-state index >= 15 is 0 Å². The van der Waals surface area contributed by atoms with Gasteiger partial charge in [0.25, 0.3) is 0 Å². The highest BCUT2D eigenvalue weighted by Crippen LogP contribution is 2.20. The Labute approximate surface area is 271 Å². The van der Waals surface area contributed by atoms with E-state index in [0.29, 0.717) is 6.42 Å². The topological polar surface area (TPSA) is 159 Å². The minimum Gasteiger partial charge on any atom is -0.481 e. The molecule has 3 amide bonds. The van der Waals surface area contributed by atoms with Crippen molar-refractivity contribution in [3.63, 3.8) is 0 Å². The lowest BCUT2D eigenvalue weighted by Crippen LogP contribution is -2.52. The Kier molecular flexibility index (Phi) is 14.1. The molecule has 1 aliphatic rings. The molecule has 5 atom stereocenters. The average Bonchev–Trinajstić information content (AvgIpc) is 3.01. The van der Waals surface area contributed by atoms with Crippen LogP contribution in [-0.2, 0) is 41.6 Å². The van der Waals surface area contributed by atoms with Crippen LogP contribution in [0.5, 0.6) is 0 Å². The molecule has 46 heavy (non-hydrogen) atoms. The molecule has 1 fully saturated rings. The number of benzene rings is 2. The van der Waals surface area contributed by atoms with Crippen molar-refractivity contribution in [3.8, 4) is 0 Å². The number of Topliss-reactive ketones (excluding diaryl/α,β-unsaturated/α-hetero) is 2. The van der Waals surface area contributed by atoms with E-state index in [0.717, 1.165) is 11.1 Å². The van der Waals surface area contributed by atoms with Crippen molar-refractivity contribution in [1.29, 1.82) is 0 Å². The highest BCUT2D eigenvalue weighted by molar-refractivity contribution is 5.95. The maximum atomic E-state index is 13.7. The van der Waals surface area contributed by atoms with E-state index in [-0.39, 0.29) is 68.9 Å². The van der Waals surface area contributed by atoms with Crippen LogP contribution in [0.1, 0.15) is 76.8 Å². The van der Waals surface area contributed by atoms with Crippen LogP contribution in [0, 0.1) is 17.8 Å². The number of ketones is 2. The first-order chi connectivity index (χ1) is 21.9. The fraction of sp³-hybridized carbons (Fsp3) is 0.500. The Balaban J connectivity index is 1.95. The Hall–Kier alpha value is -4.34. The van der Waals surface area contributed by atoms with Gasteiger partial charge in [-0.05, 0) is 56.1 Å². The van der Waals surface area contributed by atoms with Crippen LogP contribution < -0.4 is 16.0 Å². The van der Waals surface area contributed by atoms with Gasteiger partial charge < -0.3 is 21.1 Å². The monoisotopic (exact) mass is 633 g/mol. The summed E-state index contributed by atoms with van der Waals surface area (Å²) in [6, 6.07) is 16.1. The molecule has 1 aliphatic heterocycles. The summed E-state index contributed by atoms with van der Waals surface area (Å²) >= 11 is 0. The van der Waals surface area contributed by atoms with Crippen LogP contribution in [0.25, 0.3) is 0 Å². The summed E-state index contributed by atoms with van der Waals surface area (Å²) in [7, 11) is 0. The predicted molar refractivity (Wildman–Crippen MR) is 174 cm³/mol. The molecule has 1 saturated heterocycles. The summed E-state index contributed by atoms with van der Waals surface area (Å²) < 4.78 is 0. The van der Waals surface area contributed by atoms with Gasteiger partial charge in [0.15, 0.2) is 5.78 Å². The van der Waals surface area contributed by atoms with E-state index in [1.807, 2.05) is 74.5 Å². The van der Waals surface area contributed by atoms with Crippen LogP contribution in [0.2, 0.25) is 0 Å². The van der Waals surface area contributed by atoms with Crippen molar-refractivity contribution < 1.29 is 33.9 Å². The first-order valence-electron chi connectivity index (χ1n) is 16.2. The zero-order valence-electron chi connectivity index (χ0n) is 27.0. The van der Waals surface area contributed by atoms with E-state index in [9.17, 15) is 33.9 Å². The third kappa shape index (κ3) is 12.2. The number of aliphatic carboxylic acids is 1. The molecule has 3 rings (SSSR count). The minimum atomic E-state index is -1.03. The van der Waals surface area contributed by atoms with Crippen molar-refractivity contribution in [2.75, 3.05) is 0 Å². The lowest BCUT2D eigenvalue weighted by molar-refractivity contribution is -0.137. The van der Waals surface area contributed by atoms with Gasteiger partial charge in [-0.1, -0.05) is 74.5 Å². The Bertz CT molecular complexity index is 1350. The molecule has 4 N–H and O–H groups in total. The van der Waals surface area contributed by atoms with Gasteiger partial charge in [-0.15, -0.1) is 0 Å². The second-order valence-electron chi connectivity index (χ2n) is 12.8. The summed E-state index contributed by atoms with van der Waals surface area (Å²) in [4.78, 5) is 78.9. The minimum absolute atomic E-state index is 0.0262. The van der Waals surface area contributed by atoms with Crippen LogP contribution in [0.3, 0.4) is 0 Å². The van der Waals surface area contributed by atoms with E-state index in [1.54, 1.807) is 6.92 Å². The van der Waals surface area contributed by atoms with E-state index < -0.39 is 53.7 Å². The fourth-order valence-corrected chi connectivity index (χ4v) is 5.74. The summed E-state index contributed by atoms with van der Waals surface area (Å²) in [6.07, 6.45) is 0.747. The second-order valence-corrected chi connectivity index (χ2v) is 12.8. The normalized spacial score (nSPS) is 24.1. The highest BCUT2D eigenvalue weighted by atomic mass is 16.4. The zero-order valence-corrected chi connectivity index (χ0v) is 27.0. The molecule has 2 aromatic carbocycles. The SMILES string of the molecule is CC(C)C[C@@H]1NC(=O)[C@H](Cc2ccccc2)CC(=O)CCC(CCC(=O)O)NC(=O)[C@H](Cc2ccccc2)CC(=O)[C@H](C)NC1=O. The molecule has 0 saturated carbocycles. The largest absolute Gasteiger partial charge is 0.481 e. The molecule has 0 aliphatic carbocycles. The van der Waals surface area contributed by atoms with E-state index in [4.69, 9.17) is 0 Å².